The van der Waals surface area contributed by atoms with Crippen LogP contribution in [0.4, 0.5) is 0 Å². The third kappa shape index (κ3) is 1.78. The smallest absolute Gasteiger partial charge is 0.0543 e. The number of hydrogen-bond acceptors (Lipinski definition) is 2. The average molecular weight is 291 g/mol. The van der Waals surface area contributed by atoms with Crippen molar-refractivity contribution in [2.45, 2.75) is 89.7 Å². The lowest BCUT2D eigenvalue weighted by Crippen LogP contribution is -2.65. The summed E-state index contributed by atoms with van der Waals surface area (Å²) in [5.74, 6) is 2.31. The number of aliphatic hydroxyl groups is 1. The molecule has 0 aromatic carbocycles. The summed E-state index contributed by atoms with van der Waals surface area (Å²) in [7, 11) is 0. The molecule has 4 rings (SSSR count). The normalized spacial score (nSPS) is 60.0. The van der Waals surface area contributed by atoms with Gasteiger partial charge in [-0.1, -0.05) is 20.3 Å². The standard InChI is InChI=1S/C19H33NO/c1-17-8-3-9-19(17,20)16-5-4-13-12-14(21)6-11-18(13,2)15(16)7-10-17/h13-16,21H,3-12,20H2,1-2H3/t13?,14-,15-,16+,17-,18-,19-/m0/s1. The fraction of sp³-hybridized carbons (Fsp3) is 1.00. The molecule has 0 aromatic rings. The molecule has 0 bridgehead atoms. The van der Waals surface area contributed by atoms with Crippen LogP contribution in [0.1, 0.15) is 78.1 Å². The molecule has 4 saturated carbocycles. The Kier molecular flexibility index (Phi) is 3.09. The molecule has 0 saturated heterocycles. The van der Waals surface area contributed by atoms with Gasteiger partial charge in [0.1, 0.15) is 0 Å². The first-order chi connectivity index (χ1) is 9.89. The quantitative estimate of drug-likeness (QED) is 0.712. The number of hydrogen-bond donors (Lipinski definition) is 2. The summed E-state index contributed by atoms with van der Waals surface area (Å²) >= 11 is 0. The van der Waals surface area contributed by atoms with Crippen molar-refractivity contribution in [2.75, 3.05) is 0 Å². The van der Waals surface area contributed by atoms with E-state index in [4.69, 9.17) is 5.73 Å². The molecule has 120 valence electrons. The van der Waals surface area contributed by atoms with Gasteiger partial charge in [-0.2, -0.15) is 0 Å². The van der Waals surface area contributed by atoms with Crippen LogP contribution in [0.3, 0.4) is 0 Å². The van der Waals surface area contributed by atoms with Crippen LogP contribution in [0.25, 0.3) is 0 Å². The highest BCUT2D eigenvalue weighted by Gasteiger charge is 2.63. The van der Waals surface area contributed by atoms with E-state index in [1.165, 1.54) is 51.4 Å². The van der Waals surface area contributed by atoms with Crippen LogP contribution < -0.4 is 5.73 Å². The second-order valence-electron chi connectivity index (χ2n) is 9.41. The molecule has 1 unspecified atom stereocenters. The summed E-state index contributed by atoms with van der Waals surface area (Å²) in [6.07, 6.45) is 12.6. The minimum atomic E-state index is -0.0354. The molecule has 0 heterocycles. The van der Waals surface area contributed by atoms with Crippen LogP contribution in [-0.4, -0.2) is 16.7 Å². The van der Waals surface area contributed by atoms with Gasteiger partial charge in [0.05, 0.1) is 6.10 Å². The van der Waals surface area contributed by atoms with Gasteiger partial charge in [0.2, 0.25) is 0 Å². The molecule has 0 aromatic heterocycles. The van der Waals surface area contributed by atoms with E-state index in [9.17, 15) is 5.11 Å². The van der Waals surface area contributed by atoms with Gasteiger partial charge < -0.3 is 10.8 Å². The first-order valence-electron chi connectivity index (χ1n) is 9.36. The molecule has 0 radical (unpaired) electrons. The van der Waals surface area contributed by atoms with Crippen LogP contribution in [0.5, 0.6) is 0 Å². The minimum absolute atomic E-state index is 0.0354. The van der Waals surface area contributed by atoms with Crippen molar-refractivity contribution in [1.29, 1.82) is 0 Å². The molecule has 3 N–H and O–H groups in total. The van der Waals surface area contributed by atoms with E-state index in [1.807, 2.05) is 0 Å². The third-order valence-electron chi connectivity index (χ3n) is 8.78. The summed E-state index contributed by atoms with van der Waals surface area (Å²) in [4.78, 5) is 0. The van der Waals surface area contributed by atoms with Crippen LogP contribution in [0, 0.1) is 28.6 Å². The lowest BCUT2D eigenvalue weighted by atomic mass is 9.43. The Labute approximate surface area is 129 Å². The van der Waals surface area contributed by atoms with Crippen molar-refractivity contribution >= 4 is 0 Å². The molecule has 4 aliphatic rings. The topological polar surface area (TPSA) is 46.2 Å². The summed E-state index contributed by atoms with van der Waals surface area (Å²) in [5.41, 5.74) is 8.09. The molecule has 7 atom stereocenters. The highest BCUT2D eigenvalue weighted by molar-refractivity contribution is 5.16. The third-order valence-corrected chi connectivity index (χ3v) is 8.78. The SMILES string of the molecule is C[C@@]12CCC[C@]1(N)[C@@H]1CCC3C[C@@H](O)CC[C@]3(C)[C@H]1CC2. The first-order valence-corrected chi connectivity index (χ1v) is 9.36. The Balaban J connectivity index is 1.67. The Morgan fingerprint density at radius 3 is 2.52 bits per heavy atom. The number of rotatable bonds is 0. The van der Waals surface area contributed by atoms with E-state index >= 15 is 0 Å². The predicted octanol–water partition coefficient (Wildman–Crippen LogP) is 3.86. The van der Waals surface area contributed by atoms with Gasteiger partial charge in [0, 0.05) is 5.54 Å². The first kappa shape index (κ1) is 14.5. The molecule has 0 aliphatic heterocycles. The zero-order chi connectivity index (χ0) is 14.9. The Hall–Kier alpha value is -0.0800. The zero-order valence-electron chi connectivity index (χ0n) is 13.9. The number of fused-ring (bicyclic) bond motifs is 5. The second kappa shape index (κ2) is 4.47. The van der Waals surface area contributed by atoms with Crippen LogP contribution in [-0.2, 0) is 0 Å². The van der Waals surface area contributed by atoms with Crippen molar-refractivity contribution in [3.8, 4) is 0 Å². The van der Waals surface area contributed by atoms with Gasteiger partial charge in [-0.3, -0.25) is 0 Å². The Morgan fingerprint density at radius 1 is 0.905 bits per heavy atom. The molecule has 4 aliphatic carbocycles. The largest absolute Gasteiger partial charge is 0.393 e. The molecule has 21 heavy (non-hydrogen) atoms. The summed E-state index contributed by atoms with van der Waals surface area (Å²) in [6.45, 7) is 5.02. The Bertz CT molecular complexity index is 437. The Morgan fingerprint density at radius 2 is 1.71 bits per heavy atom. The van der Waals surface area contributed by atoms with Crippen LogP contribution in [0.15, 0.2) is 0 Å². The molecule has 0 amide bonds. The minimum Gasteiger partial charge on any atom is -0.393 e. The maximum Gasteiger partial charge on any atom is 0.0543 e. The zero-order valence-corrected chi connectivity index (χ0v) is 13.9. The highest BCUT2D eigenvalue weighted by atomic mass is 16.3. The van der Waals surface area contributed by atoms with Gasteiger partial charge in [0.15, 0.2) is 0 Å². The number of aliphatic hydroxyl groups excluding tert-OH is 1. The van der Waals surface area contributed by atoms with E-state index in [0.717, 1.165) is 30.6 Å². The fourth-order valence-corrected chi connectivity index (χ4v) is 7.29. The van der Waals surface area contributed by atoms with Gasteiger partial charge in [0.25, 0.3) is 0 Å². The van der Waals surface area contributed by atoms with Gasteiger partial charge >= 0.3 is 0 Å². The lowest BCUT2D eigenvalue weighted by Gasteiger charge is -2.63. The van der Waals surface area contributed by atoms with Gasteiger partial charge in [-0.15, -0.1) is 0 Å². The van der Waals surface area contributed by atoms with Crippen molar-refractivity contribution < 1.29 is 5.11 Å². The number of nitrogens with two attached hydrogens (primary N) is 1. The van der Waals surface area contributed by atoms with Gasteiger partial charge in [-0.05, 0) is 86.4 Å². The maximum absolute atomic E-state index is 10.1. The summed E-state index contributed by atoms with van der Waals surface area (Å²) in [5, 5.41) is 10.1. The molecule has 2 nitrogen and oxygen atoms in total. The summed E-state index contributed by atoms with van der Waals surface area (Å²) < 4.78 is 0. The second-order valence-corrected chi connectivity index (χ2v) is 9.41. The highest BCUT2D eigenvalue weighted by Crippen LogP contribution is 2.66. The van der Waals surface area contributed by atoms with E-state index in [1.54, 1.807) is 0 Å². The lowest BCUT2D eigenvalue weighted by molar-refractivity contribution is -0.129. The predicted molar refractivity (Wildman–Crippen MR) is 85.8 cm³/mol. The van der Waals surface area contributed by atoms with Crippen molar-refractivity contribution in [2.24, 2.45) is 34.3 Å². The van der Waals surface area contributed by atoms with Crippen molar-refractivity contribution in [3.05, 3.63) is 0 Å². The monoisotopic (exact) mass is 291 g/mol. The maximum atomic E-state index is 10.1. The molecular formula is C19H33NO. The molecular weight excluding hydrogens is 258 g/mol. The fourth-order valence-electron chi connectivity index (χ4n) is 7.29. The van der Waals surface area contributed by atoms with E-state index in [-0.39, 0.29) is 11.6 Å². The van der Waals surface area contributed by atoms with E-state index < -0.39 is 0 Å². The van der Waals surface area contributed by atoms with E-state index in [0.29, 0.717) is 10.8 Å². The van der Waals surface area contributed by atoms with Crippen LogP contribution >= 0.6 is 0 Å². The van der Waals surface area contributed by atoms with Gasteiger partial charge in [-0.25, -0.2) is 0 Å². The molecule has 4 fully saturated rings. The average Bonchev–Trinajstić information content (AvgIpc) is 2.75. The van der Waals surface area contributed by atoms with Crippen molar-refractivity contribution in [3.63, 3.8) is 0 Å². The molecule has 0 spiro atoms. The van der Waals surface area contributed by atoms with Crippen LogP contribution in [0.2, 0.25) is 0 Å². The van der Waals surface area contributed by atoms with Crippen molar-refractivity contribution in [1.82, 2.24) is 0 Å². The molecule has 2 heteroatoms. The van der Waals surface area contributed by atoms with E-state index in [2.05, 4.69) is 13.8 Å². The summed E-state index contributed by atoms with van der Waals surface area (Å²) in [6, 6.07) is 0.